The van der Waals surface area contributed by atoms with Gasteiger partial charge in [0.05, 0.1) is 22.8 Å². The van der Waals surface area contributed by atoms with Crippen molar-refractivity contribution >= 4 is 11.4 Å². The fourth-order valence-corrected chi connectivity index (χ4v) is 1.49. The Morgan fingerprint density at radius 3 is 1.67 bits per heavy atom. The highest BCUT2D eigenvalue weighted by molar-refractivity contribution is 5.47. The van der Waals surface area contributed by atoms with Crippen LogP contribution < -0.4 is 0 Å². The second-order valence-corrected chi connectivity index (χ2v) is 4.37. The molecule has 0 bridgehead atoms. The molecule has 1 aromatic carbocycles. The lowest BCUT2D eigenvalue weighted by Gasteiger charge is -1.95. The summed E-state index contributed by atoms with van der Waals surface area (Å²) in [5.74, 6) is 0. The van der Waals surface area contributed by atoms with Crippen molar-refractivity contribution in [1.82, 2.24) is 0 Å². The third kappa shape index (κ3) is 7.04. The number of rotatable bonds is 9. The summed E-state index contributed by atoms with van der Waals surface area (Å²) in [6, 6.07) is 7.24. The zero-order valence-electron chi connectivity index (χ0n) is 13.5. The van der Waals surface area contributed by atoms with Gasteiger partial charge in [-0.1, -0.05) is 50.6 Å². The molecular weight excluding hydrogens is 296 g/mol. The molecule has 0 aliphatic carbocycles. The van der Waals surface area contributed by atoms with Gasteiger partial charge in [0.25, 0.3) is 0 Å². The number of nitrogens with zero attached hydrogens (tertiary/aromatic N) is 4. The first-order valence-corrected chi connectivity index (χ1v) is 7.24. The molecule has 1 aromatic rings. The average Bonchev–Trinajstić information content (AvgIpc) is 2.62. The molecule has 0 unspecified atom stereocenters. The van der Waals surface area contributed by atoms with Crippen LogP contribution in [0.1, 0.15) is 0 Å². The van der Waals surface area contributed by atoms with Gasteiger partial charge in [0.1, 0.15) is 0 Å². The number of allylic oxidation sites excluding steroid dienone is 8. The van der Waals surface area contributed by atoms with Crippen LogP contribution in [0.2, 0.25) is 0 Å². The molecular formula is C20H20N4. The summed E-state index contributed by atoms with van der Waals surface area (Å²) in [4.78, 5) is 0. The summed E-state index contributed by atoms with van der Waals surface area (Å²) < 4.78 is 0. The number of benzene rings is 1. The smallest absolute Gasteiger partial charge is 0.0858 e. The molecule has 24 heavy (non-hydrogen) atoms. The predicted molar refractivity (Wildman–Crippen MR) is 102 cm³/mol. The van der Waals surface area contributed by atoms with Gasteiger partial charge in [-0.15, -0.1) is 0 Å². The van der Waals surface area contributed by atoms with Crippen LogP contribution in [0.4, 0.5) is 11.4 Å². The normalized spacial score (nSPS) is 12.8. The molecule has 0 saturated carbocycles. The van der Waals surface area contributed by atoms with Crippen LogP contribution in [0, 0.1) is 0 Å². The van der Waals surface area contributed by atoms with E-state index < -0.39 is 0 Å². The van der Waals surface area contributed by atoms with Crippen molar-refractivity contribution in [2.24, 2.45) is 20.5 Å². The van der Waals surface area contributed by atoms with Crippen molar-refractivity contribution in [3.8, 4) is 0 Å². The Bertz CT molecular complexity index is 729. The summed E-state index contributed by atoms with van der Waals surface area (Å²) >= 11 is 0. The van der Waals surface area contributed by atoms with Crippen LogP contribution in [0.3, 0.4) is 0 Å². The maximum Gasteiger partial charge on any atom is 0.0858 e. The Balaban J connectivity index is 2.85. The van der Waals surface area contributed by atoms with Crippen LogP contribution >= 0.6 is 0 Å². The fourth-order valence-electron chi connectivity index (χ4n) is 1.49. The second kappa shape index (κ2) is 11.2. The van der Waals surface area contributed by atoms with E-state index in [1.807, 2.05) is 24.3 Å². The first kappa shape index (κ1) is 18.6. The standard InChI is InChI=1S/C20H20N4/c1-5-9-12-18(11-7-3)22-24-20-15-13-19(14-16-20)23-21-17(8-4)10-6-2/h5-16H,1-4H2/b12-9-,17-10+,18-11+,23-21?,24-22?. The minimum atomic E-state index is 0.641. The largest absolute Gasteiger partial charge is 0.151 e. The van der Waals surface area contributed by atoms with Crippen molar-refractivity contribution < 1.29 is 0 Å². The maximum absolute atomic E-state index is 4.17. The molecule has 120 valence electrons. The van der Waals surface area contributed by atoms with E-state index in [0.29, 0.717) is 22.8 Å². The maximum atomic E-state index is 4.17. The van der Waals surface area contributed by atoms with E-state index in [-0.39, 0.29) is 0 Å². The first-order valence-electron chi connectivity index (χ1n) is 7.24. The molecule has 0 N–H and O–H groups in total. The molecule has 0 aliphatic heterocycles. The minimum absolute atomic E-state index is 0.641. The molecule has 0 radical (unpaired) electrons. The van der Waals surface area contributed by atoms with Crippen molar-refractivity contribution in [3.05, 3.63) is 111 Å². The van der Waals surface area contributed by atoms with Crippen LogP contribution in [0.25, 0.3) is 0 Å². The van der Waals surface area contributed by atoms with E-state index in [2.05, 4.69) is 46.8 Å². The summed E-state index contributed by atoms with van der Waals surface area (Å²) in [6.45, 7) is 14.5. The third-order valence-electron chi connectivity index (χ3n) is 2.60. The average molecular weight is 316 g/mol. The zero-order valence-corrected chi connectivity index (χ0v) is 13.5. The predicted octanol–water partition coefficient (Wildman–Crippen LogP) is 6.92. The Morgan fingerprint density at radius 1 is 0.708 bits per heavy atom. The van der Waals surface area contributed by atoms with E-state index in [0.717, 1.165) is 0 Å². The van der Waals surface area contributed by atoms with Crippen molar-refractivity contribution in [2.45, 2.75) is 0 Å². The third-order valence-corrected chi connectivity index (χ3v) is 2.60. The molecule has 0 saturated heterocycles. The Kier molecular flexibility index (Phi) is 8.71. The molecule has 4 nitrogen and oxygen atoms in total. The van der Waals surface area contributed by atoms with Crippen LogP contribution in [-0.4, -0.2) is 0 Å². The first-order chi connectivity index (χ1) is 11.7. The van der Waals surface area contributed by atoms with Gasteiger partial charge in [-0.25, -0.2) is 0 Å². The summed E-state index contributed by atoms with van der Waals surface area (Å²) in [7, 11) is 0. The monoisotopic (exact) mass is 316 g/mol. The van der Waals surface area contributed by atoms with E-state index in [1.165, 1.54) is 0 Å². The lowest BCUT2D eigenvalue weighted by atomic mass is 10.3. The highest BCUT2D eigenvalue weighted by Crippen LogP contribution is 2.21. The summed E-state index contributed by atoms with van der Waals surface area (Å²) in [5, 5.41) is 16.5. The summed E-state index contributed by atoms with van der Waals surface area (Å²) in [6.07, 6.45) is 13.6. The number of hydrogen-bond acceptors (Lipinski definition) is 4. The van der Waals surface area contributed by atoms with Crippen molar-refractivity contribution in [1.29, 1.82) is 0 Å². The van der Waals surface area contributed by atoms with Gasteiger partial charge >= 0.3 is 0 Å². The molecule has 0 aliphatic rings. The quantitative estimate of drug-likeness (QED) is 0.350. The van der Waals surface area contributed by atoms with Crippen LogP contribution in [0.5, 0.6) is 0 Å². The topological polar surface area (TPSA) is 49.4 Å². The Labute approximate surface area is 143 Å². The zero-order chi connectivity index (χ0) is 17.6. The van der Waals surface area contributed by atoms with Gasteiger partial charge in [0, 0.05) is 0 Å². The second-order valence-electron chi connectivity index (χ2n) is 4.37. The van der Waals surface area contributed by atoms with Crippen molar-refractivity contribution in [3.63, 3.8) is 0 Å². The Morgan fingerprint density at radius 2 is 1.21 bits per heavy atom. The van der Waals surface area contributed by atoms with E-state index in [4.69, 9.17) is 0 Å². The molecule has 0 fully saturated rings. The highest BCUT2D eigenvalue weighted by atomic mass is 15.1. The van der Waals surface area contributed by atoms with Gasteiger partial charge in [0.2, 0.25) is 0 Å². The lowest BCUT2D eigenvalue weighted by molar-refractivity contribution is 1.16. The molecule has 0 aromatic heterocycles. The molecule has 0 heterocycles. The minimum Gasteiger partial charge on any atom is -0.151 e. The number of hydrogen-bond donors (Lipinski definition) is 0. The van der Waals surface area contributed by atoms with Gasteiger partial charge in [-0.2, -0.15) is 20.5 Å². The van der Waals surface area contributed by atoms with E-state index in [9.17, 15) is 0 Å². The fraction of sp³-hybridized carbons (Fsp3) is 0. The van der Waals surface area contributed by atoms with Crippen LogP contribution in [0.15, 0.2) is 131 Å². The van der Waals surface area contributed by atoms with Crippen molar-refractivity contribution in [2.75, 3.05) is 0 Å². The highest BCUT2D eigenvalue weighted by Gasteiger charge is 1.93. The van der Waals surface area contributed by atoms with Gasteiger partial charge in [0.15, 0.2) is 0 Å². The van der Waals surface area contributed by atoms with E-state index in [1.54, 1.807) is 48.6 Å². The SMILES string of the molecule is C=C/C=C\C(=C/C=C)N=Nc1ccc(N=N/C(C=C)=C/C=C)cc1. The van der Waals surface area contributed by atoms with Crippen LogP contribution in [-0.2, 0) is 0 Å². The van der Waals surface area contributed by atoms with Gasteiger partial charge < -0.3 is 0 Å². The lowest BCUT2D eigenvalue weighted by Crippen LogP contribution is -1.71. The summed E-state index contributed by atoms with van der Waals surface area (Å²) in [5.41, 5.74) is 2.74. The van der Waals surface area contributed by atoms with Gasteiger partial charge in [-0.05, 0) is 48.6 Å². The molecule has 0 spiro atoms. The molecule has 0 atom stereocenters. The Hall–Kier alpha value is -3.40. The molecule has 0 amide bonds. The molecule has 1 rings (SSSR count). The number of azo groups is 2. The van der Waals surface area contributed by atoms with E-state index >= 15 is 0 Å². The van der Waals surface area contributed by atoms with Gasteiger partial charge in [-0.3, -0.25) is 0 Å². The molecule has 4 heteroatoms.